The second-order valence-electron chi connectivity index (χ2n) is 7.22. The normalized spacial score (nSPS) is 11.1. The SMILES string of the molecule is COc1ccc(CCNC(=O)CN(c2ccccc2Cl)S(=O)(=O)c2ccc(C)cc2)cc1. The first-order valence-electron chi connectivity index (χ1n) is 10.0. The number of halogens is 1. The molecule has 0 unspecified atom stereocenters. The third kappa shape index (κ3) is 5.81. The van der Waals surface area contributed by atoms with Crippen LogP contribution < -0.4 is 14.4 Å². The summed E-state index contributed by atoms with van der Waals surface area (Å²) in [5.74, 6) is 0.337. The van der Waals surface area contributed by atoms with Gasteiger partial charge < -0.3 is 10.1 Å². The van der Waals surface area contributed by atoms with Crippen LogP contribution in [-0.2, 0) is 21.2 Å². The number of hydrogen-bond acceptors (Lipinski definition) is 4. The second-order valence-corrected chi connectivity index (χ2v) is 9.49. The number of sulfonamides is 1. The van der Waals surface area contributed by atoms with E-state index in [-0.39, 0.29) is 22.2 Å². The number of carbonyl (C=O) groups excluding carboxylic acids is 1. The van der Waals surface area contributed by atoms with Gasteiger partial charge in [0.1, 0.15) is 12.3 Å². The van der Waals surface area contributed by atoms with E-state index < -0.39 is 15.9 Å². The van der Waals surface area contributed by atoms with Crippen molar-refractivity contribution >= 4 is 33.2 Å². The topological polar surface area (TPSA) is 75.7 Å². The highest BCUT2D eigenvalue weighted by Gasteiger charge is 2.28. The molecule has 0 saturated carbocycles. The molecule has 0 bridgehead atoms. The zero-order chi connectivity index (χ0) is 23.1. The maximum Gasteiger partial charge on any atom is 0.264 e. The maximum absolute atomic E-state index is 13.4. The van der Waals surface area contributed by atoms with E-state index >= 15 is 0 Å². The van der Waals surface area contributed by atoms with Crippen LogP contribution in [0.2, 0.25) is 5.02 Å². The number of methoxy groups -OCH3 is 1. The average Bonchev–Trinajstić information content (AvgIpc) is 2.79. The predicted molar refractivity (Wildman–Crippen MR) is 127 cm³/mol. The molecular weight excluding hydrogens is 448 g/mol. The molecule has 0 aliphatic heterocycles. The van der Waals surface area contributed by atoms with Crippen molar-refractivity contribution in [2.24, 2.45) is 0 Å². The van der Waals surface area contributed by atoms with Crippen molar-refractivity contribution < 1.29 is 17.9 Å². The highest BCUT2D eigenvalue weighted by Crippen LogP contribution is 2.30. The van der Waals surface area contributed by atoms with Crippen LogP contribution in [0.5, 0.6) is 5.75 Å². The van der Waals surface area contributed by atoms with Crippen molar-refractivity contribution in [1.29, 1.82) is 0 Å². The molecule has 0 atom stereocenters. The zero-order valence-electron chi connectivity index (χ0n) is 17.9. The molecule has 0 radical (unpaired) electrons. The van der Waals surface area contributed by atoms with Crippen molar-refractivity contribution in [1.82, 2.24) is 5.32 Å². The number of anilines is 1. The van der Waals surface area contributed by atoms with E-state index in [1.54, 1.807) is 43.5 Å². The van der Waals surface area contributed by atoms with Crippen LogP contribution in [0.3, 0.4) is 0 Å². The Hall–Kier alpha value is -3.03. The van der Waals surface area contributed by atoms with Crippen LogP contribution in [-0.4, -0.2) is 34.5 Å². The summed E-state index contributed by atoms with van der Waals surface area (Å²) in [6.07, 6.45) is 0.604. The maximum atomic E-state index is 13.4. The van der Waals surface area contributed by atoms with Gasteiger partial charge in [-0.25, -0.2) is 8.42 Å². The Kier molecular flexibility index (Phi) is 7.77. The molecule has 0 aromatic heterocycles. The van der Waals surface area contributed by atoms with Gasteiger partial charge in [-0.05, 0) is 55.3 Å². The lowest BCUT2D eigenvalue weighted by atomic mass is 10.1. The Morgan fingerprint density at radius 2 is 1.66 bits per heavy atom. The van der Waals surface area contributed by atoms with Crippen molar-refractivity contribution in [3.05, 3.63) is 88.9 Å². The van der Waals surface area contributed by atoms with E-state index in [9.17, 15) is 13.2 Å². The van der Waals surface area contributed by atoms with Crippen molar-refractivity contribution in [2.45, 2.75) is 18.2 Å². The van der Waals surface area contributed by atoms with Gasteiger partial charge in [0.05, 0.1) is 22.7 Å². The summed E-state index contributed by atoms with van der Waals surface area (Å²) in [7, 11) is -2.40. The van der Waals surface area contributed by atoms with Gasteiger partial charge in [-0.1, -0.05) is 53.6 Å². The Morgan fingerprint density at radius 1 is 1.00 bits per heavy atom. The molecule has 32 heavy (non-hydrogen) atoms. The number of nitrogens with zero attached hydrogens (tertiary/aromatic N) is 1. The lowest BCUT2D eigenvalue weighted by molar-refractivity contribution is -0.119. The first-order chi connectivity index (χ1) is 15.3. The smallest absolute Gasteiger partial charge is 0.264 e. The lowest BCUT2D eigenvalue weighted by Gasteiger charge is -2.25. The Balaban J connectivity index is 1.76. The fourth-order valence-electron chi connectivity index (χ4n) is 3.12. The Bertz CT molecular complexity index is 1160. The molecule has 0 fully saturated rings. The summed E-state index contributed by atoms with van der Waals surface area (Å²) in [5, 5.41) is 3.04. The first kappa shape index (κ1) is 23.6. The number of nitrogens with one attached hydrogen (secondary N) is 1. The van der Waals surface area contributed by atoms with Crippen LogP contribution in [0.4, 0.5) is 5.69 Å². The third-order valence-corrected chi connectivity index (χ3v) is 7.01. The van der Waals surface area contributed by atoms with Crippen LogP contribution in [0.1, 0.15) is 11.1 Å². The molecule has 0 saturated heterocycles. The predicted octanol–water partition coefficient (Wildman–Crippen LogP) is 4.21. The summed E-state index contributed by atoms with van der Waals surface area (Å²) in [6.45, 7) is 1.85. The number of amides is 1. The number of rotatable bonds is 9. The van der Waals surface area contributed by atoms with E-state index in [1.165, 1.54) is 12.1 Å². The first-order valence-corrected chi connectivity index (χ1v) is 11.9. The molecule has 6 nitrogen and oxygen atoms in total. The van der Waals surface area contributed by atoms with Crippen molar-refractivity contribution in [3.63, 3.8) is 0 Å². The monoisotopic (exact) mass is 472 g/mol. The van der Waals surface area contributed by atoms with Gasteiger partial charge >= 0.3 is 0 Å². The molecule has 0 aliphatic rings. The minimum absolute atomic E-state index is 0.0917. The summed E-state index contributed by atoms with van der Waals surface area (Å²) in [4.78, 5) is 12.8. The number of aryl methyl sites for hydroxylation is 1. The molecule has 3 aromatic rings. The number of ether oxygens (including phenoxy) is 1. The molecule has 1 N–H and O–H groups in total. The van der Waals surface area contributed by atoms with Gasteiger partial charge in [-0.15, -0.1) is 0 Å². The molecule has 0 heterocycles. The zero-order valence-corrected chi connectivity index (χ0v) is 19.5. The molecule has 0 spiro atoms. The third-order valence-electron chi connectivity index (χ3n) is 4.91. The fourth-order valence-corrected chi connectivity index (χ4v) is 4.84. The van der Waals surface area contributed by atoms with E-state index in [4.69, 9.17) is 16.3 Å². The summed E-state index contributed by atoms with van der Waals surface area (Å²) in [5.41, 5.74) is 2.21. The van der Waals surface area contributed by atoms with Crippen molar-refractivity contribution in [3.8, 4) is 5.75 Å². The van der Waals surface area contributed by atoms with Crippen molar-refractivity contribution in [2.75, 3.05) is 24.5 Å². The quantitative estimate of drug-likeness (QED) is 0.506. The molecule has 1 amide bonds. The molecule has 8 heteroatoms. The number of para-hydroxylation sites is 1. The van der Waals surface area contributed by atoms with Gasteiger partial charge in [-0.3, -0.25) is 9.10 Å². The van der Waals surface area contributed by atoms with Crippen LogP contribution in [0.25, 0.3) is 0 Å². The molecule has 3 aromatic carbocycles. The Labute approximate surface area is 193 Å². The number of hydrogen-bond donors (Lipinski definition) is 1. The highest BCUT2D eigenvalue weighted by molar-refractivity contribution is 7.92. The fraction of sp³-hybridized carbons (Fsp3) is 0.208. The summed E-state index contributed by atoms with van der Waals surface area (Å²) in [6, 6.07) is 20.6. The van der Waals surface area contributed by atoms with Gasteiger partial charge in [0.25, 0.3) is 10.0 Å². The van der Waals surface area contributed by atoms with E-state index in [2.05, 4.69) is 5.32 Å². The number of benzene rings is 3. The van der Waals surface area contributed by atoms with Gasteiger partial charge in [-0.2, -0.15) is 0 Å². The molecule has 3 rings (SSSR count). The lowest BCUT2D eigenvalue weighted by Crippen LogP contribution is -2.41. The minimum Gasteiger partial charge on any atom is -0.497 e. The summed E-state index contributed by atoms with van der Waals surface area (Å²) >= 11 is 6.28. The largest absolute Gasteiger partial charge is 0.497 e. The summed E-state index contributed by atoms with van der Waals surface area (Å²) < 4.78 is 32.9. The van der Waals surface area contributed by atoms with E-state index in [1.807, 2.05) is 31.2 Å². The Morgan fingerprint density at radius 3 is 2.28 bits per heavy atom. The van der Waals surface area contributed by atoms with E-state index in [0.29, 0.717) is 13.0 Å². The van der Waals surface area contributed by atoms with Crippen LogP contribution >= 0.6 is 11.6 Å². The van der Waals surface area contributed by atoms with Gasteiger partial charge in [0.15, 0.2) is 0 Å². The minimum atomic E-state index is -4.00. The standard InChI is InChI=1S/C24H25ClN2O4S/c1-18-7-13-21(14-8-18)32(29,30)27(23-6-4-3-5-22(23)25)17-24(28)26-16-15-19-9-11-20(31-2)12-10-19/h3-14H,15-17H2,1-2H3,(H,26,28). The molecule has 168 valence electrons. The van der Waals surface area contributed by atoms with Crippen LogP contribution in [0, 0.1) is 6.92 Å². The number of carbonyl (C=O) groups is 1. The van der Waals surface area contributed by atoms with Crippen LogP contribution in [0.15, 0.2) is 77.7 Å². The average molecular weight is 473 g/mol. The van der Waals surface area contributed by atoms with E-state index in [0.717, 1.165) is 21.2 Å². The molecular formula is C24H25ClN2O4S. The van der Waals surface area contributed by atoms with Gasteiger partial charge in [0.2, 0.25) is 5.91 Å². The van der Waals surface area contributed by atoms with Gasteiger partial charge in [0, 0.05) is 6.54 Å². The molecule has 0 aliphatic carbocycles. The second kappa shape index (κ2) is 10.5. The highest BCUT2D eigenvalue weighted by atomic mass is 35.5.